The first-order valence-electron chi connectivity index (χ1n) is 7.51. The number of carbonyl (C=O) groups excluding carboxylic acids is 2. The maximum atomic E-state index is 12.3. The molecule has 2 N–H and O–H groups in total. The normalized spacial score (nSPS) is 13.9. The van der Waals surface area contributed by atoms with Gasteiger partial charge in [0, 0.05) is 25.8 Å². The van der Waals surface area contributed by atoms with Gasteiger partial charge in [-0.15, -0.1) is 0 Å². The van der Waals surface area contributed by atoms with E-state index in [1.807, 2.05) is 0 Å². The molecule has 0 spiro atoms. The van der Waals surface area contributed by atoms with Crippen LogP contribution in [0.3, 0.4) is 0 Å². The number of nitrogens with one attached hydrogen (secondary N) is 2. The van der Waals surface area contributed by atoms with Gasteiger partial charge in [-0.05, 0) is 24.6 Å². The number of aliphatic imine (C=N–C) groups is 1. The third kappa shape index (κ3) is 5.84. The van der Waals surface area contributed by atoms with Crippen LogP contribution >= 0.6 is 0 Å². The van der Waals surface area contributed by atoms with E-state index in [0.717, 1.165) is 6.42 Å². The van der Waals surface area contributed by atoms with Gasteiger partial charge in [0.15, 0.2) is 6.61 Å². The Kier molecular flexibility index (Phi) is 6.48. The van der Waals surface area contributed by atoms with E-state index in [1.165, 1.54) is 31.4 Å². The molecule has 1 aliphatic heterocycles. The average molecular weight is 369 g/mol. The summed E-state index contributed by atoms with van der Waals surface area (Å²) in [5, 5.41) is 2.47. The number of anilines is 1. The van der Waals surface area contributed by atoms with E-state index in [4.69, 9.17) is 0 Å². The fraction of sp³-hybridized carbons (Fsp3) is 0.400. The van der Waals surface area contributed by atoms with Crippen molar-refractivity contribution in [3.63, 3.8) is 0 Å². The second-order valence-corrected chi connectivity index (χ2v) is 6.89. The van der Waals surface area contributed by atoms with Crippen molar-refractivity contribution in [1.82, 2.24) is 4.72 Å². The number of rotatable bonds is 7. The third-order valence-corrected chi connectivity index (χ3v) is 4.56. The highest BCUT2D eigenvalue weighted by molar-refractivity contribution is 7.90. The number of benzene rings is 1. The average Bonchev–Trinajstić information content (AvgIpc) is 3.06. The van der Waals surface area contributed by atoms with Crippen molar-refractivity contribution in [1.29, 1.82) is 0 Å². The van der Waals surface area contributed by atoms with E-state index >= 15 is 0 Å². The van der Waals surface area contributed by atoms with Crippen LogP contribution in [0.5, 0.6) is 0 Å². The summed E-state index contributed by atoms with van der Waals surface area (Å²) in [6.07, 6.45) is 1.40. The first kappa shape index (κ1) is 18.9. The van der Waals surface area contributed by atoms with Gasteiger partial charge in [-0.2, -0.15) is 0 Å². The Morgan fingerprint density at radius 3 is 2.76 bits per heavy atom. The molecule has 1 amide bonds. The van der Waals surface area contributed by atoms with Crippen molar-refractivity contribution in [2.24, 2.45) is 4.99 Å². The van der Waals surface area contributed by atoms with Gasteiger partial charge in [-0.3, -0.25) is 14.5 Å². The molecule has 0 radical (unpaired) electrons. The molecule has 1 heterocycles. The zero-order chi connectivity index (χ0) is 18.3. The predicted octanol–water partition coefficient (Wildman–Crippen LogP) is 0.285. The number of carbonyl (C=O) groups is 2. The van der Waals surface area contributed by atoms with Crippen molar-refractivity contribution in [3.05, 3.63) is 24.3 Å². The number of hydrogen-bond donors (Lipinski definition) is 2. The molecular weight excluding hydrogens is 350 g/mol. The standard InChI is InChI=1S/C15H19N3O6S/c1-23-10-15(20)24-9-14(19)17-11-4-2-5-12(8-11)25(21,22)18-13-6-3-7-16-13/h2,4-5,8H,3,6-7,9-10H2,1H3,(H,16,18)(H,17,19). The number of amidine groups is 1. The highest BCUT2D eigenvalue weighted by Gasteiger charge is 2.19. The fourth-order valence-electron chi connectivity index (χ4n) is 2.08. The summed E-state index contributed by atoms with van der Waals surface area (Å²) >= 11 is 0. The quantitative estimate of drug-likeness (QED) is 0.666. The Morgan fingerprint density at radius 1 is 1.28 bits per heavy atom. The lowest BCUT2D eigenvalue weighted by atomic mass is 10.3. The molecule has 2 rings (SSSR count). The van der Waals surface area contributed by atoms with Gasteiger partial charge in [0.2, 0.25) is 0 Å². The van der Waals surface area contributed by atoms with Crippen molar-refractivity contribution < 1.29 is 27.5 Å². The number of methoxy groups -OCH3 is 1. The van der Waals surface area contributed by atoms with Crippen LogP contribution in [0, 0.1) is 0 Å². The lowest BCUT2D eigenvalue weighted by molar-refractivity contribution is -0.150. The van der Waals surface area contributed by atoms with Crippen molar-refractivity contribution in [2.75, 3.05) is 32.2 Å². The Balaban J connectivity index is 1.98. The van der Waals surface area contributed by atoms with Crippen LogP contribution in [0.1, 0.15) is 12.8 Å². The second-order valence-electron chi connectivity index (χ2n) is 5.21. The molecule has 0 saturated heterocycles. The highest BCUT2D eigenvalue weighted by atomic mass is 32.2. The van der Waals surface area contributed by atoms with Gasteiger partial charge < -0.3 is 14.8 Å². The lowest BCUT2D eigenvalue weighted by Crippen LogP contribution is -2.29. The summed E-state index contributed by atoms with van der Waals surface area (Å²) in [4.78, 5) is 26.9. The number of esters is 1. The van der Waals surface area contributed by atoms with E-state index in [0.29, 0.717) is 18.8 Å². The van der Waals surface area contributed by atoms with Crippen molar-refractivity contribution >= 4 is 33.4 Å². The monoisotopic (exact) mass is 369 g/mol. The first-order chi connectivity index (χ1) is 11.9. The molecule has 10 heteroatoms. The summed E-state index contributed by atoms with van der Waals surface area (Å²) < 4.78 is 36.3. The van der Waals surface area contributed by atoms with Crippen LogP contribution in [0.25, 0.3) is 0 Å². The molecule has 1 aromatic rings. The number of amides is 1. The first-order valence-corrected chi connectivity index (χ1v) is 8.99. The van der Waals surface area contributed by atoms with Gasteiger partial charge in [0.05, 0.1) is 4.90 Å². The van der Waals surface area contributed by atoms with Gasteiger partial charge in [0.25, 0.3) is 15.9 Å². The number of hydrogen-bond acceptors (Lipinski definition) is 7. The lowest BCUT2D eigenvalue weighted by Gasteiger charge is -2.10. The molecule has 136 valence electrons. The molecule has 0 aromatic heterocycles. The van der Waals surface area contributed by atoms with Crippen LogP contribution in [-0.2, 0) is 29.1 Å². The predicted molar refractivity (Wildman–Crippen MR) is 89.8 cm³/mol. The summed E-state index contributed by atoms with van der Waals surface area (Å²) in [5.41, 5.74) is 0.268. The summed E-state index contributed by atoms with van der Waals surface area (Å²) in [5.74, 6) is -0.831. The number of ether oxygens (including phenoxy) is 2. The third-order valence-electron chi connectivity index (χ3n) is 3.18. The van der Waals surface area contributed by atoms with Crippen LogP contribution in [0.4, 0.5) is 5.69 Å². The molecule has 1 aromatic carbocycles. The maximum Gasteiger partial charge on any atom is 0.332 e. The molecule has 0 saturated carbocycles. The smallest absolute Gasteiger partial charge is 0.332 e. The maximum absolute atomic E-state index is 12.3. The molecule has 25 heavy (non-hydrogen) atoms. The minimum absolute atomic E-state index is 0.00345. The minimum atomic E-state index is -3.77. The molecular formula is C15H19N3O6S. The van der Waals surface area contributed by atoms with E-state index < -0.39 is 28.5 Å². The van der Waals surface area contributed by atoms with E-state index in [1.54, 1.807) is 0 Å². The Bertz CT molecular complexity index is 775. The molecule has 0 unspecified atom stereocenters. The molecule has 9 nitrogen and oxygen atoms in total. The highest BCUT2D eigenvalue weighted by Crippen LogP contribution is 2.16. The molecule has 1 aliphatic rings. The van der Waals surface area contributed by atoms with Crippen LogP contribution in [0.15, 0.2) is 34.2 Å². The van der Waals surface area contributed by atoms with Crippen molar-refractivity contribution in [2.45, 2.75) is 17.7 Å². The second kappa shape index (κ2) is 8.58. The van der Waals surface area contributed by atoms with Gasteiger partial charge in [-0.1, -0.05) is 6.07 Å². The zero-order valence-corrected chi connectivity index (χ0v) is 14.5. The fourth-order valence-corrected chi connectivity index (χ4v) is 3.22. The SMILES string of the molecule is COCC(=O)OCC(=O)Nc1cccc(S(=O)(=O)NC2=NCCC2)c1. The molecule has 0 atom stereocenters. The van der Waals surface area contributed by atoms with Gasteiger partial charge >= 0.3 is 5.97 Å². The van der Waals surface area contributed by atoms with Gasteiger partial charge in [0.1, 0.15) is 12.4 Å². The Labute approximate surface area is 145 Å². The summed E-state index contributed by atoms with van der Waals surface area (Å²) in [7, 11) is -2.44. The Morgan fingerprint density at radius 2 is 2.08 bits per heavy atom. The topological polar surface area (TPSA) is 123 Å². The van der Waals surface area contributed by atoms with Crippen molar-refractivity contribution in [3.8, 4) is 0 Å². The van der Waals surface area contributed by atoms with E-state index in [2.05, 4.69) is 24.5 Å². The molecule has 0 fully saturated rings. The Hall–Kier alpha value is -2.46. The molecule has 0 bridgehead atoms. The zero-order valence-electron chi connectivity index (χ0n) is 13.6. The number of nitrogens with zero attached hydrogens (tertiary/aromatic N) is 1. The van der Waals surface area contributed by atoms with E-state index in [9.17, 15) is 18.0 Å². The summed E-state index contributed by atoms with van der Waals surface area (Å²) in [6.45, 7) is -0.138. The largest absolute Gasteiger partial charge is 0.454 e. The minimum Gasteiger partial charge on any atom is -0.454 e. The molecule has 0 aliphatic carbocycles. The van der Waals surface area contributed by atoms with E-state index in [-0.39, 0.29) is 17.2 Å². The van der Waals surface area contributed by atoms with Gasteiger partial charge in [-0.25, -0.2) is 13.2 Å². The number of sulfonamides is 1. The van der Waals surface area contributed by atoms with Crippen LogP contribution < -0.4 is 10.0 Å². The summed E-state index contributed by atoms with van der Waals surface area (Å²) in [6, 6.07) is 5.75. The van der Waals surface area contributed by atoms with Crippen LogP contribution in [0.2, 0.25) is 0 Å². The van der Waals surface area contributed by atoms with Crippen LogP contribution in [-0.4, -0.2) is 53.0 Å².